The Balaban J connectivity index is 1.42. The minimum Gasteiger partial charge on any atom is -0.460 e. The molecule has 10 heteroatoms. The minimum atomic E-state index is -0.0197. The number of hydrogen-bond acceptors (Lipinski definition) is 8. The van der Waals surface area contributed by atoms with Crippen molar-refractivity contribution in [1.29, 1.82) is 0 Å². The number of nitrogens with zero attached hydrogens (tertiary/aromatic N) is 6. The van der Waals surface area contributed by atoms with Crippen LogP contribution in [0.15, 0.2) is 24.4 Å². The second kappa shape index (κ2) is 9.30. The Hall–Kier alpha value is -3.27. The number of benzene rings is 1. The number of ether oxygens (including phenoxy) is 2. The number of carbonyl (C=O) groups excluding carboxylic acids is 1. The number of fused-ring (bicyclic) bond motifs is 1. The molecule has 0 bridgehead atoms. The Morgan fingerprint density at radius 3 is 2.67 bits per heavy atom. The molecule has 0 atom stereocenters. The first kappa shape index (κ1) is 21.6. The zero-order valence-electron chi connectivity index (χ0n) is 19.0. The smallest absolute Gasteiger partial charge is 0.322 e. The standard InChI is InChI=1S/C23H29N7O3/c1-29(2)21(31)15-6-8-16(9-7-15)33-23-26-20(17-4-3-5-19-18(17)14-24-28-19)25-22(27-23)30-10-12-32-13-11-30/h3-5,14-16H,6-13H2,1-2H3,(H,24,28). The fourth-order valence-corrected chi connectivity index (χ4v) is 4.53. The minimum absolute atomic E-state index is 0.0197. The summed E-state index contributed by atoms with van der Waals surface area (Å²) in [6.07, 6.45) is 4.99. The van der Waals surface area contributed by atoms with E-state index in [1.807, 2.05) is 32.3 Å². The van der Waals surface area contributed by atoms with Crippen molar-refractivity contribution >= 4 is 22.8 Å². The highest BCUT2D eigenvalue weighted by atomic mass is 16.5. The molecule has 2 aliphatic rings. The number of rotatable bonds is 5. The van der Waals surface area contributed by atoms with Gasteiger partial charge in [0, 0.05) is 44.1 Å². The lowest BCUT2D eigenvalue weighted by Crippen LogP contribution is -2.37. The molecule has 1 saturated heterocycles. The van der Waals surface area contributed by atoms with Crippen molar-refractivity contribution in [2.75, 3.05) is 45.3 Å². The molecule has 0 spiro atoms. The lowest BCUT2D eigenvalue weighted by atomic mass is 9.86. The maximum absolute atomic E-state index is 12.3. The quantitative estimate of drug-likeness (QED) is 0.629. The molecule has 3 aromatic rings. The number of anilines is 1. The molecule has 0 radical (unpaired) electrons. The average molecular weight is 452 g/mol. The van der Waals surface area contributed by atoms with E-state index in [4.69, 9.17) is 14.5 Å². The van der Waals surface area contributed by atoms with Crippen LogP contribution in [-0.2, 0) is 9.53 Å². The number of hydrogen-bond donors (Lipinski definition) is 1. The molecular formula is C23H29N7O3. The van der Waals surface area contributed by atoms with Crippen LogP contribution in [0.5, 0.6) is 6.01 Å². The van der Waals surface area contributed by atoms with E-state index in [-0.39, 0.29) is 17.9 Å². The molecule has 1 amide bonds. The molecular weight excluding hydrogens is 422 g/mol. The van der Waals surface area contributed by atoms with E-state index in [0.29, 0.717) is 31.0 Å². The van der Waals surface area contributed by atoms with Gasteiger partial charge in [-0.2, -0.15) is 20.1 Å². The third kappa shape index (κ3) is 4.61. The summed E-state index contributed by atoms with van der Waals surface area (Å²) in [6.45, 7) is 2.71. The number of aromatic amines is 1. The van der Waals surface area contributed by atoms with Crippen molar-refractivity contribution in [3.63, 3.8) is 0 Å². The predicted octanol–water partition coefficient (Wildman–Crippen LogP) is 2.28. The Labute approximate surface area is 192 Å². The van der Waals surface area contributed by atoms with E-state index in [0.717, 1.165) is 55.2 Å². The van der Waals surface area contributed by atoms with Gasteiger partial charge in [0.2, 0.25) is 11.9 Å². The first-order valence-corrected chi connectivity index (χ1v) is 11.5. The van der Waals surface area contributed by atoms with Gasteiger partial charge in [-0.25, -0.2) is 0 Å². The summed E-state index contributed by atoms with van der Waals surface area (Å²) in [7, 11) is 3.62. The summed E-state index contributed by atoms with van der Waals surface area (Å²) >= 11 is 0. The van der Waals surface area contributed by atoms with Crippen LogP contribution in [0.1, 0.15) is 25.7 Å². The fraction of sp³-hybridized carbons (Fsp3) is 0.522. The number of amides is 1. The Bertz CT molecular complexity index is 1120. The molecule has 1 aliphatic carbocycles. The maximum Gasteiger partial charge on any atom is 0.322 e. The second-order valence-corrected chi connectivity index (χ2v) is 8.80. The SMILES string of the molecule is CN(C)C(=O)C1CCC(Oc2nc(-c3cccc4[nH]ncc34)nc(N3CCOCC3)n2)CC1. The Morgan fingerprint density at radius 1 is 1.12 bits per heavy atom. The number of nitrogens with one attached hydrogen (secondary N) is 1. The van der Waals surface area contributed by atoms with Crippen LogP contribution in [-0.4, -0.2) is 82.5 Å². The Kier molecular flexibility index (Phi) is 6.08. The number of morpholine rings is 1. The summed E-state index contributed by atoms with van der Waals surface area (Å²) in [6, 6.07) is 6.24. The van der Waals surface area contributed by atoms with Crippen LogP contribution in [0, 0.1) is 5.92 Å². The molecule has 174 valence electrons. The summed E-state index contributed by atoms with van der Waals surface area (Å²) in [5.41, 5.74) is 1.80. The highest BCUT2D eigenvalue weighted by molar-refractivity contribution is 5.92. The average Bonchev–Trinajstić information content (AvgIpc) is 3.33. The van der Waals surface area contributed by atoms with E-state index >= 15 is 0 Å². The predicted molar refractivity (Wildman–Crippen MR) is 123 cm³/mol. The zero-order valence-corrected chi connectivity index (χ0v) is 19.0. The van der Waals surface area contributed by atoms with Crippen LogP contribution in [0.2, 0.25) is 0 Å². The molecule has 1 aliphatic heterocycles. The van der Waals surface area contributed by atoms with Gasteiger partial charge in [0.25, 0.3) is 0 Å². The molecule has 1 N–H and O–H groups in total. The monoisotopic (exact) mass is 451 g/mol. The molecule has 1 aromatic carbocycles. The lowest BCUT2D eigenvalue weighted by molar-refractivity contribution is -0.134. The molecule has 2 aromatic heterocycles. The molecule has 0 unspecified atom stereocenters. The van der Waals surface area contributed by atoms with Crippen molar-refractivity contribution in [3.8, 4) is 17.4 Å². The van der Waals surface area contributed by atoms with Crippen LogP contribution in [0.4, 0.5) is 5.95 Å². The summed E-state index contributed by atoms with van der Waals surface area (Å²) < 4.78 is 11.8. The largest absolute Gasteiger partial charge is 0.460 e. The van der Waals surface area contributed by atoms with Gasteiger partial charge in [-0.3, -0.25) is 9.89 Å². The summed E-state index contributed by atoms with van der Waals surface area (Å²) in [5, 5.41) is 8.11. The highest BCUT2D eigenvalue weighted by Gasteiger charge is 2.29. The van der Waals surface area contributed by atoms with Crippen LogP contribution >= 0.6 is 0 Å². The molecule has 33 heavy (non-hydrogen) atoms. The lowest BCUT2D eigenvalue weighted by Gasteiger charge is -2.30. The van der Waals surface area contributed by atoms with E-state index in [9.17, 15) is 4.79 Å². The fourth-order valence-electron chi connectivity index (χ4n) is 4.53. The van der Waals surface area contributed by atoms with Crippen LogP contribution in [0.3, 0.4) is 0 Å². The second-order valence-electron chi connectivity index (χ2n) is 8.80. The Morgan fingerprint density at radius 2 is 1.91 bits per heavy atom. The molecule has 3 heterocycles. The van der Waals surface area contributed by atoms with Gasteiger partial charge in [0.1, 0.15) is 6.10 Å². The topological polar surface area (TPSA) is 109 Å². The number of aromatic nitrogens is 5. The van der Waals surface area contributed by atoms with Crippen molar-refractivity contribution in [2.45, 2.75) is 31.8 Å². The number of carbonyl (C=O) groups is 1. The maximum atomic E-state index is 12.3. The highest BCUT2D eigenvalue weighted by Crippen LogP contribution is 2.30. The van der Waals surface area contributed by atoms with Gasteiger partial charge in [-0.15, -0.1) is 0 Å². The van der Waals surface area contributed by atoms with E-state index < -0.39 is 0 Å². The molecule has 2 fully saturated rings. The van der Waals surface area contributed by atoms with Gasteiger partial charge in [0.15, 0.2) is 5.82 Å². The molecule has 5 rings (SSSR count). The third-order valence-corrected chi connectivity index (χ3v) is 6.36. The summed E-state index contributed by atoms with van der Waals surface area (Å²) in [4.78, 5) is 30.2. The van der Waals surface area contributed by atoms with E-state index in [1.54, 1.807) is 11.1 Å². The van der Waals surface area contributed by atoms with Crippen molar-refractivity contribution < 1.29 is 14.3 Å². The van der Waals surface area contributed by atoms with E-state index in [1.165, 1.54) is 0 Å². The van der Waals surface area contributed by atoms with Crippen molar-refractivity contribution in [1.82, 2.24) is 30.0 Å². The normalized spacial score (nSPS) is 21.2. The van der Waals surface area contributed by atoms with Crippen molar-refractivity contribution in [2.24, 2.45) is 5.92 Å². The number of H-pyrrole nitrogens is 1. The zero-order chi connectivity index (χ0) is 22.8. The first-order valence-electron chi connectivity index (χ1n) is 11.5. The third-order valence-electron chi connectivity index (χ3n) is 6.36. The molecule has 1 saturated carbocycles. The van der Waals surface area contributed by atoms with Gasteiger partial charge in [0.05, 0.1) is 24.9 Å². The summed E-state index contributed by atoms with van der Waals surface area (Å²) in [5.74, 6) is 1.41. The van der Waals surface area contributed by atoms with Crippen LogP contribution < -0.4 is 9.64 Å². The van der Waals surface area contributed by atoms with Gasteiger partial charge >= 0.3 is 6.01 Å². The van der Waals surface area contributed by atoms with Gasteiger partial charge in [-0.1, -0.05) is 12.1 Å². The van der Waals surface area contributed by atoms with Crippen LogP contribution in [0.25, 0.3) is 22.3 Å². The van der Waals surface area contributed by atoms with Gasteiger partial charge in [-0.05, 0) is 31.7 Å². The van der Waals surface area contributed by atoms with Crippen molar-refractivity contribution in [3.05, 3.63) is 24.4 Å². The van der Waals surface area contributed by atoms with Gasteiger partial charge < -0.3 is 19.3 Å². The van der Waals surface area contributed by atoms with E-state index in [2.05, 4.69) is 25.1 Å². The molecule has 10 nitrogen and oxygen atoms in total. The first-order chi connectivity index (χ1) is 16.1.